The van der Waals surface area contributed by atoms with Crippen LogP contribution in [0.5, 0.6) is 17.2 Å². The summed E-state index contributed by atoms with van der Waals surface area (Å²) in [5, 5.41) is 3.08. The predicted octanol–water partition coefficient (Wildman–Crippen LogP) is 1.99. The fraction of sp³-hybridized carbons (Fsp3) is 0.667. The van der Waals surface area contributed by atoms with Crippen molar-refractivity contribution in [3.8, 4) is 17.2 Å². The molecule has 1 aromatic rings. The molecule has 2 rings (SSSR count). The van der Waals surface area contributed by atoms with Crippen molar-refractivity contribution in [3.05, 3.63) is 17.7 Å². The molecule has 0 saturated carbocycles. The average Bonchev–Trinajstić information content (AvgIpc) is 2.70. The molecule has 1 aliphatic rings. The summed E-state index contributed by atoms with van der Waals surface area (Å²) >= 11 is 0. The highest BCUT2D eigenvalue weighted by atomic mass is 16.5. The lowest BCUT2D eigenvalue weighted by atomic mass is 9.95. The number of hydrogen-bond acceptors (Lipinski definition) is 6. The third-order valence-electron chi connectivity index (χ3n) is 5.17. The Kier molecular flexibility index (Phi) is 8.86. The molecule has 1 aliphatic heterocycles. The number of hydrogen-bond donors (Lipinski definition) is 1. The van der Waals surface area contributed by atoms with Crippen LogP contribution in [-0.4, -0.2) is 77.3 Å². The summed E-state index contributed by atoms with van der Waals surface area (Å²) in [6, 6.07) is 3.98. The van der Waals surface area contributed by atoms with Crippen molar-refractivity contribution in [1.29, 1.82) is 0 Å². The largest absolute Gasteiger partial charge is 0.493 e. The summed E-state index contributed by atoms with van der Waals surface area (Å²) in [6.07, 6.45) is 2.77. The standard InChI is InChI=1S/C21H35N3O4/c1-23(2)10-6-9-22-21(25)17-7-11-24(12-8-17)15-16-13-18(26-3)20(28-5)19(14-16)27-4/h13-14,17H,6-12,15H2,1-5H3,(H,22,25). The van der Waals surface area contributed by atoms with Gasteiger partial charge >= 0.3 is 0 Å². The second kappa shape index (κ2) is 11.1. The number of carbonyl (C=O) groups is 1. The molecular formula is C21H35N3O4. The van der Waals surface area contributed by atoms with E-state index in [0.717, 1.165) is 57.5 Å². The molecule has 1 N–H and O–H groups in total. The lowest BCUT2D eigenvalue weighted by Gasteiger charge is -2.31. The molecule has 7 nitrogen and oxygen atoms in total. The summed E-state index contributed by atoms with van der Waals surface area (Å²) in [4.78, 5) is 16.9. The van der Waals surface area contributed by atoms with Gasteiger partial charge in [0.15, 0.2) is 11.5 Å². The molecule has 0 radical (unpaired) electrons. The van der Waals surface area contributed by atoms with E-state index in [1.165, 1.54) is 0 Å². The Morgan fingerprint density at radius 3 is 2.21 bits per heavy atom. The van der Waals surface area contributed by atoms with E-state index in [1.807, 2.05) is 26.2 Å². The zero-order valence-corrected chi connectivity index (χ0v) is 17.9. The zero-order chi connectivity index (χ0) is 20.5. The number of carbonyl (C=O) groups excluding carboxylic acids is 1. The number of nitrogens with one attached hydrogen (secondary N) is 1. The van der Waals surface area contributed by atoms with Gasteiger partial charge in [-0.1, -0.05) is 0 Å². The summed E-state index contributed by atoms with van der Waals surface area (Å²) in [6.45, 7) is 4.36. The van der Waals surface area contributed by atoms with Gasteiger partial charge in [-0.3, -0.25) is 9.69 Å². The van der Waals surface area contributed by atoms with Crippen LogP contribution in [0.2, 0.25) is 0 Å². The normalized spacial score (nSPS) is 15.5. The third kappa shape index (κ3) is 6.27. The minimum atomic E-state index is 0.121. The molecule has 28 heavy (non-hydrogen) atoms. The molecular weight excluding hydrogens is 358 g/mol. The number of methoxy groups -OCH3 is 3. The van der Waals surface area contributed by atoms with E-state index in [9.17, 15) is 4.79 Å². The molecule has 1 heterocycles. The number of benzene rings is 1. The first-order valence-corrected chi connectivity index (χ1v) is 9.92. The van der Waals surface area contributed by atoms with Gasteiger partial charge in [-0.15, -0.1) is 0 Å². The molecule has 0 spiro atoms. The molecule has 158 valence electrons. The fourth-order valence-corrected chi connectivity index (χ4v) is 3.59. The first-order valence-electron chi connectivity index (χ1n) is 9.92. The van der Waals surface area contributed by atoms with Crippen LogP contribution in [0.25, 0.3) is 0 Å². The van der Waals surface area contributed by atoms with Crippen LogP contribution in [0.4, 0.5) is 0 Å². The van der Waals surface area contributed by atoms with Crippen molar-refractivity contribution in [3.63, 3.8) is 0 Å². The summed E-state index contributed by atoms with van der Waals surface area (Å²) in [7, 11) is 8.96. The van der Waals surface area contributed by atoms with E-state index in [0.29, 0.717) is 17.2 Å². The van der Waals surface area contributed by atoms with E-state index in [4.69, 9.17) is 14.2 Å². The Labute approximate surface area is 168 Å². The van der Waals surface area contributed by atoms with Crippen LogP contribution in [0.15, 0.2) is 12.1 Å². The van der Waals surface area contributed by atoms with Crippen LogP contribution in [0.3, 0.4) is 0 Å². The number of nitrogens with zero attached hydrogens (tertiary/aromatic N) is 2. The summed E-state index contributed by atoms with van der Waals surface area (Å²) in [5.74, 6) is 2.27. The monoisotopic (exact) mass is 393 g/mol. The molecule has 1 aromatic carbocycles. The van der Waals surface area contributed by atoms with Gasteiger partial charge in [0.05, 0.1) is 21.3 Å². The minimum absolute atomic E-state index is 0.121. The molecule has 0 unspecified atom stereocenters. The average molecular weight is 394 g/mol. The molecule has 1 fully saturated rings. The van der Waals surface area contributed by atoms with Gasteiger partial charge in [-0.25, -0.2) is 0 Å². The van der Waals surface area contributed by atoms with Gasteiger partial charge in [-0.05, 0) is 70.7 Å². The first-order chi connectivity index (χ1) is 13.5. The molecule has 1 amide bonds. The second-order valence-electron chi connectivity index (χ2n) is 7.53. The van der Waals surface area contributed by atoms with Gasteiger partial charge in [-0.2, -0.15) is 0 Å². The van der Waals surface area contributed by atoms with Crippen LogP contribution in [-0.2, 0) is 11.3 Å². The molecule has 0 bridgehead atoms. The predicted molar refractivity (Wildman–Crippen MR) is 110 cm³/mol. The van der Waals surface area contributed by atoms with Gasteiger partial charge < -0.3 is 24.4 Å². The Morgan fingerprint density at radius 1 is 1.11 bits per heavy atom. The van der Waals surface area contributed by atoms with E-state index in [2.05, 4.69) is 15.1 Å². The van der Waals surface area contributed by atoms with Crippen molar-refractivity contribution >= 4 is 5.91 Å². The third-order valence-corrected chi connectivity index (χ3v) is 5.17. The molecule has 7 heteroatoms. The van der Waals surface area contributed by atoms with Crippen molar-refractivity contribution in [2.45, 2.75) is 25.8 Å². The van der Waals surface area contributed by atoms with Gasteiger partial charge in [0, 0.05) is 19.0 Å². The minimum Gasteiger partial charge on any atom is -0.493 e. The van der Waals surface area contributed by atoms with Crippen molar-refractivity contribution in [2.75, 3.05) is 61.6 Å². The van der Waals surface area contributed by atoms with Crippen LogP contribution >= 0.6 is 0 Å². The van der Waals surface area contributed by atoms with E-state index in [-0.39, 0.29) is 11.8 Å². The fourth-order valence-electron chi connectivity index (χ4n) is 3.59. The Bertz CT molecular complexity index is 603. The number of ether oxygens (including phenoxy) is 3. The van der Waals surface area contributed by atoms with Crippen molar-refractivity contribution in [1.82, 2.24) is 15.1 Å². The Morgan fingerprint density at radius 2 is 1.71 bits per heavy atom. The second-order valence-corrected chi connectivity index (χ2v) is 7.53. The van der Waals surface area contributed by atoms with Gasteiger partial charge in [0.2, 0.25) is 11.7 Å². The van der Waals surface area contributed by atoms with E-state index in [1.54, 1.807) is 21.3 Å². The topological polar surface area (TPSA) is 63.3 Å². The Balaban J connectivity index is 1.84. The Hall–Kier alpha value is -1.99. The highest BCUT2D eigenvalue weighted by molar-refractivity contribution is 5.78. The summed E-state index contributed by atoms with van der Waals surface area (Å²) < 4.78 is 16.3. The first kappa shape index (κ1) is 22.3. The molecule has 0 aromatic heterocycles. The van der Waals surface area contributed by atoms with E-state index >= 15 is 0 Å². The molecule has 0 atom stereocenters. The SMILES string of the molecule is COc1cc(CN2CCC(C(=O)NCCCN(C)C)CC2)cc(OC)c1OC. The number of rotatable bonds is 10. The van der Waals surface area contributed by atoms with Gasteiger partial charge in [0.1, 0.15) is 0 Å². The lowest BCUT2D eigenvalue weighted by molar-refractivity contribution is -0.126. The highest BCUT2D eigenvalue weighted by Crippen LogP contribution is 2.38. The number of piperidine rings is 1. The van der Waals surface area contributed by atoms with Crippen LogP contribution in [0.1, 0.15) is 24.8 Å². The lowest BCUT2D eigenvalue weighted by Crippen LogP contribution is -2.40. The summed E-state index contributed by atoms with van der Waals surface area (Å²) in [5.41, 5.74) is 1.11. The quantitative estimate of drug-likeness (QED) is 0.614. The smallest absolute Gasteiger partial charge is 0.223 e. The number of amides is 1. The molecule has 0 aliphatic carbocycles. The maximum absolute atomic E-state index is 12.4. The van der Waals surface area contributed by atoms with Gasteiger partial charge in [0.25, 0.3) is 0 Å². The van der Waals surface area contributed by atoms with Crippen LogP contribution in [0, 0.1) is 5.92 Å². The van der Waals surface area contributed by atoms with Crippen LogP contribution < -0.4 is 19.5 Å². The highest BCUT2D eigenvalue weighted by Gasteiger charge is 2.25. The zero-order valence-electron chi connectivity index (χ0n) is 17.9. The maximum Gasteiger partial charge on any atom is 0.223 e. The van der Waals surface area contributed by atoms with Crippen molar-refractivity contribution < 1.29 is 19.0 Å². The van der Waals surface area contributed by atoms with Crippen molar-refractivity contribution in [2.24, 2.45) is 5.92 Å². The number of likely N-dealkylation sites (tertiary alicyclic amines) is 1. The maximum atomic E-state index is 12.4. The molecule has 1 saturated heterocycles. The van der Waals surface area contributed by atoms with E-state index < -0.39 is 0 Å².